The number of hydrogen-bond donors (Lipinski definition) is 0. The van der Waals surface area contributed by atoms with Crippen LogP contribution in [0.15, 0.2) is 29.8 Å². The molecule has 6 atom stereocenters. The summed E-state index contributed by atoms with van der Waals surface area (Å²) in [4.78, 5) is 26.5. The van der Waals surface area contributed by atoms with Gasteiger partial charge in [0, 0.05) is 25.1 Å². The zero-order chi connectivity index (χ0) is 26.2. The van der Waals surface area contributed by atoms with Crippen molar-refractivity contribution in [2.75, 3.05) is 26.8 Å². The number of ketones is 1. The van der Waals surface area contributed by atoms with Crippen LogP contribution in [0.25, 0.3) is 0 Å². The van der Waals surface area contributed by atoms with Crippen LogP contribution in [0.2, 0.25) is 0 Å². The van der Waals surface area contributed by atoms with Gasteiger partial charge in [0.15, 0.2) is 17.3 Å². The SMILES string of the molecule is CCN(CC)C(=O)c1ccc(OCC[C@H]2CCC3C4CCC5=CC(=O)CCC5C4CCC32C)c(OC)c1. The van der Waals surface area contributed by atoms with Gasteiger partial charge in [-0.15, -0.1) is 0 Å². The second-order valence-electron chi connectivity index (χ2n) is 12.1. The molecule has 0 aliphatic heterocycles. The third-order valence-electron chi connectivity index (χ3n) is 10.7. The number of fused-ring (bicyclic) bond motifs is 5. The highest BCUT2D eigenvalue weighted by Gasteiger charge is 2.55. The quantitative estimate of drug-likeness (QED) is 0.393. The lowest BCUT2D eigenvalue weighted by Crippen LogP contribution is -2.46. The molecule has 4 aliphatic rings. The Hall–Kier alpha value is -2.30. The molecular formula is C32H45NO4. The Kier molecular flexibility index (Phi) is 7.70. The van der Waals surface area contributed by atoms with Gasteiger partial charge >= 0.3 is 0 Å². The van der Waals surface area contributed by atoms with Crippen molar-refractivity contribution in [2.45, 2.75) is 78.6 Å². The summed E-state index contributed by atoms with van der Waals surface area (Å²) in [5.41, 5.74) is 2.52. The maximum absolute atomic E-state index is 12.7. The van der Waals surface area contributed by atoms with Gasteiger partial charge in [-0.05, 0) is 124 Å². The summed E-state index contributed by atoms with van der Waals surface area (Å²) >= 11 is 0. The van der Waals surface area contributed by atoms with Gasteiger partial charge in [0.1, 0.15) is 0 Å². The number of amides is 1. The molecule has 1 aromatic rings. The third-order valence-corrected chi connectivity index (χ3v) is 10.7. The minimum atomic E-state index is 0.0283. The van der Waals surface area contributed by atoms with E-state index in [0.29, 0.717) is 54.0 Å². The van der Waals surface area contributed by atoms with Crippen LogP contribution in [-0.4, -0.2) is 43.4 Å². The Morgan fingerprint density at radius 2 is 1.84 bits per heavy atom. The lowest BCUT2D eigenvalue weighted by Gasteiger charge is -2.54. The normalized spacial score (nSPS) is 32.6. The maximum Gasteiger partial charge on any atom is 0.253 e. The number of nitrogens with zero attached hydrogens (tertiary/aromatic N) is 1. The summed E-state index contributed by atoms with van der Waals surface area (Å²) in [6, 6.07) is 5.56. The van der Waals surface area contributed by atoms with E-state index in [1.54, 1.807) is 7.11 Å². The minimum Gasteiger partial charge on any atom is -0.493 e. The minimum absolute atomic E-state index is 0.0283. The van der Waals surface area contributed by atoms with Crippen LogP contribution in [-0.2, 0) is 4.79 Å². The van der Waals surface area contributed by atoms with E-state index in [9.17, 15) is 9.59 Å². The lowest BCUT2D eigenvalue weighted by molar-refractivity contribution is -0.116. The van der Waals surface area contributed by atoms with E-state index in [4.69, 9.17) is 9.47 Å². The lowest BCUT2D eigenvalue weighted by atomic mass is 9.51. The van der Waals surface area contributed by atoms with Crippen LogP contribution in [0.1, 0.15) is 88.9 Å². The molecule has 5 unspecified atom stereocenters. The van der Waals surface area contributed by atoms with Crippen molar-refractivity contribution in [2.24, 2.45) is 35.0 Å². The fraction of sp³-hybridized carbons (Fsp3) is 0.688. The highest BCUT2D eigenvalue weighted by molar-refractivity contribution is 5.95. The molecule has 37 heavy (non-hydrogen) atoms. The molecule has 4 aliphatic carbocycles. The van der Waals surface area contributed by atoms with Gasteiger partial charge in [0.25, 0.3) is 5.91 Å². The van der Waals surface area contributed by atoms with Crippen molar-refractivity contribution >= 4 is 11.7 Å². The zero-order valence-corrected chi connectivity index (χ0v) is 23.3. The molecule has 5 rings (SSSR count). The van der Waals surface area contributed by atoms with E-state index in [0.717, 1.165) is 49.2 Å². The van der Waals surface area contributed by atoms with Crippen LogP contribution in [0, 0.1) is 35.0 Å². The summed E-state index contributed by atoms with van der Waals surface area (Å²) in [5.74, 6) is 5.54. The average molecular weight is 508 g/mol. The molecule has 0 heterocycles. The van der Waals surface area contributed by atoms with Crippen LogP contribution >= 0.6 is 0 Å². The first kappa shape index (κ1) is 26.3. The zero-order valence-electron chi connectivity index (χ0n) is 23.3. The van der Waals surface area contributed by atoms with E-state index in [2.05, 4.69) is 6.92 Å². The maximum atomic E-state index is 12.7. The second kappa shape index (κ2) is 10.8. The van der Waals surface area contributed by atoms with Crippen LogP contribution in [0.5, 0.6) is 11.5 Å². The second-order valence-corrected chi connectivity index (χ2v) is 12.1. The molecule has 0 bridgehead atoms. The van der Waals surface area contributed by atoms with Gasteiger partial charge in [-0.1, -0.05) is 12.5 Å². The largest absolute Gasteiger partial charge is 0.493 e. The summed E-state index contributed by atoms with van der Waals surface area (Å²) in [6.45, 7) is 8.62. The van der Waals surface area contributed by atoms with Crippen molar-refractivity contribution in [1.29, 1.82) is 0 Å². The Labute approximate surface area is 223 Å². The molecule has 0 spiro atoms. The summed E-state index contributed by atoms with van der Waals surface area (Å²) < 4.78 is 11.9. The summed E-state index contributed by atoms with van der Waals surface area (Å²) in [5, 5.41) is 0. The number of benzene rings is 1. The van der Waals surface area contributed by atoms with Crippen molar-refractivity contribution < 1.29 is 19.1 Å². The van der Waals surface area contributed by atoms with Gasteiger partial charge in [0.05, 0.1) is 13.7 Å². The van der Waals surface area contributed by atoms with Crippen molar-refractivity contribution in [3.63, 3.8) is 0 Å². The van der Waals surface area contributed by atoms with Gasteiger partial charge in [0.2, 0.25) is 0 Å². The first-order valence-electron chi connectivity index (χ1n) is 14.7. The molecule has 3 fully saturated rings. The summed E-state index contributed by atoms with van der Waals surface area (Å²) in [7, 11) is 1.64. The number of carbonyl (C=O) groups excluding carboxylic acids is 2. The number of rotatable bonds is 8. The first-order chi connectivity index (χ1) is 17.9. The predicted molar refractivity (Wildman–Crippen MR) is 146 cm³/mol. The first-order valence-corrected chi connectivity index (χ1v) is 14.7. The number of carbonyl (C=O) groups is 2. The van der Waals surface area contributed by atoms with Crippen molar-refractivity contribution in [3.8, 4) is 11.5 Å². The molecule has 202 valence electrons. The number of ether oxygens (including phenoxy) is 2. The number of hydrogen-bond acceptors (Lipinski definition) is 4. The smallest absolute Gasteiger partial charge is 0.253 e. The Morgan fingerprint density at radius 1 is 1.03 bits per heavy atom. The van der Waals surface area contributed by atoms with Crippen molar-refractivity contribution in [3.05, 3.63) is 35.4 Å². The molecule has 1 aromatic carbocycles. The highest BCUT2D eigenvalue weighted by Crippen LogP contribution is 2.64. The number of allylic oxidation sites excluding steroid dienone is 1. The van der Waals surface area contributed by atoms with Gasteiger partial charge in [-0.3, -0.25) is 9.59 Å². The molecule has 0 N–H and O–H groups in total. The average Bonchev–Trinajstić information content (AvgIpc) is 3.25. The molecule has 1 amide bonds. The molecule has 0 radical (unpaired) electrons. The van der Waals surface area contributed by atoms with Gasteiger partial charge < -0.3 is 14.4 Å². The van der Waals surface area contributed by atoms with Crippen molar-refractivity contribution in [1.82, 2.24) is 4.90 Å². The van der Waals surface area contributed by atoms with E-state index in [-0.39, 0.29) is 5.91 Å². The molecule has 5 heteroatoms. The molecule has 0 saturated heterocycles. The topological polar surface area (TPSA) is 55.8 Å². The van der Waals surface area contributed by atoms with Crippen LogP contribution in [0.3, 0.4) is 0 Å². The molecule has 5 nitrogen and oxygen atoms in total. The van der Waals surface area contributed by atoms with E-state index >= 15 is 0 Å². The van der Waals surface area contributed by atoms with Gasteiger partial charge in [-0.25, -0.2) is 0 Å². The fourth-order valence-corrected chi connectivity index (χ4v) is 8.69. The monoisotopic (exact) mass is 507 g/mol. The summed E-state index contributed by atoms with van der Waals surface area (Å²) in [6.07, 6.45) is 12.6. The van der Waals surface area contributed by atoms with E-state index in [1.807, 2.05) is 43.0 Å². The third kappa shape index (κ3) is 4.83. The molecule has 3 saturated carbocycles. The molecule has 0 aromatic heterocycles. The molecular weight excluding hydrogens is 462 g/mol. The highest BCUT2D eigenvalue weighted by atomic mass is 16.5. The van der Waals surface area contributed by atoms with Gasteiger partial charge in [-0.2, -0.15) is 0 Å². The standard InChI is InChI=1S/C32H45NO4/c1-5-33(6-2)31(35)22-8-14-29(30(20-22)36-4)37-18-16-23-9-13-28-27-11-7-21-19-24(34)10-12-25(21)26(27)15-17-32(23,28)3/h8,14,19-20,23,25-28H,5-7,9-13,15-18H2,1-4H3/t23-,25?,26?,27?,28?,32?/m1/s1. The van der Waals surface area contributed by atoms with Crippen LogP contribution in [0.4, 0.5) is 0 Å². The Bertz CT molecular complexity index is 1040. The fourth-order valence-electron chi connectivity index (χ4n) is 8.69. The Balaban J connectivity index is 1.21. The van der Waals surface area contributed by atoms with Crippen LogP contribution < -0.4 is 9.47 Å². The Morgan fingerprint density at radius 3 is 2.59 bits per heavy atom. The van der Waals surface area contributed by atoms with E-state index < -0.39 is 0 Å². The predicted octanol–water partition coefficient (Wildman–Crippen LogP) is 6.70. The van der Waals surface area contributed by atoms with E-state index in [1.165, 1.54) is 37.7 Å². The number of methoxy groups -OCH3 is 1.